The largest absolute Gasteiger partial charge is 0.458 e. The molecule has 0 aliphatic rings. The SMILES string of the molecule is CCC(CC)C(=O)N[C@H](C(=O)OC(C)(C)C)C(C)C. The number of amides is 1. The summed E-state index contributed by atoms with van der Waals surface area (Å²) in [6.07, 6.45) is 1.56. The number of esters is 1. The molecular weight excluding hydrogens is 242 g/mol. The fraction of sp³-hybridized carbons (Fsp3) is 0.867. The molecule has 0 aromatic rings. The third-order valence-corrected chi connectivity index (χ3v) is 2.98. The van der Waals surface area contributed by atoms with Crippen molar-refractivity contribution in [3.05, 3.63) is 0 Å². The van der Waals surface area contributed by atoms with Gasteiger partial charge in [-0.3, -0.25) is 4.79 Å². The Bertz CT molecular complexity index is 301. The van der Waals surface area contributed by atoms with Gasteiger partial charge in [0, 0.05) is 5.92 Å². The number of nitrogens with one attached hydrogen (secondary N) is 1. The van der Waals surface area contributed by atoms with Crippen molar-refractivity contribution < 1.29 is 14.3 Å². The summed E-state index contributed by atoms with van der Waals surface area (Å²) in [7, 11) is 0. The zero-order chi connectivity index (χ0) is 15.2. The molecule has 0 heterocycles. The van der Waals surface area contributed by atoms with Crippen LogP contribution in [0.1, 0.15) is 61.3 Å². The molecule has 0 aromatic carbocycles. The summed E-state index contributed by atoms with van der Waals surface area (Å²) in [4.78, 5) is 24.2. The Balaban J connectivity index is 4.75. The van der Waals surface area contributed by atoms with Crippen molar-refractivity contribution in [2.45, 2.75) is 73.0 Å². The highest BCUT2D eigenvalue weighted by Crippen LogP contribution is 2.14. The minimum atomic E-state index is -0.577. The van der Waals surface area contributed by atoms with Crippen molar-refractivity contribution in [1.29, 1.82) is 0 Å². The first-order valence-corrected chi connectivity index (χ1v) is 7.15. The quantitative estimate of drug-likeness (QED) is 0.756. The summed E-state index contributed by atoms with van der Waals surface area (Å²) >= 11 is 0. The molecule has 112 valence electrons. The normalized spacial score (nSPS) is 13.5. The van der Waals surface area contributed by atoms with Crippen LogP contribution in [0.4, 0.5) is 0 Å². The third kappa shape index (κ3) is 6.60. The van der Waals surface area contributed by atoms with Gasteiger partial charge >= 0.3 is 5.97 Å². The van der Waals surface area contributed by atoms with Crippen LogP contribution in [0.25, 0.3) is 0 Å². The summed E-state index contributed by atoms with van der Waals surface area (Å²) in [5.74, 6) is -0.451. The molecule has 0 aliphatic carbocycles. The summed E-state index contributed by atoms with van der Waals surface area (Å²) in [5, 5.41) is 2.83. The van der Waals surface area contributed by atoms with E-state index < -0.39 is 11.6 Å². The fourth-order valence-corrected chi connectivity index (χ4v) is 1.79. The highest BCUT2D eigenvalue weighted by molar-refractivity contribution is 5.86. The van der Waals surface area contributed by atoms with Crippen LogP contribution in [0, 0.1) is 11.8 Å². The molecular formula is C15H29NO3. The zero-order valence-corrected chi connectivity index (χ0v) is 13.4. The fourth-order valence-electron chi connectivity index (χ4n) is 1.79. The van der Waals surface area contributed by atoms with Gasteiger partial charge in [-0.1, -0.05) is 27.7 Å². The molecule has 0 spiro atoms. The van der Waals surface area contributed by atoms with Gasteiger partial charge in [-0.05, 0) is 39.5 Å². The molecule has 0 saturated heterocycles. The van der Waals surface area contributed by atoms with E-state index in [4.69, 9.17) is 4.74 Å². The van der Waals surface area contributed by atoms with E-state index in [-0.39, 0.29) is 23.7 Å². The van der Waals surface area contributed by atoms with Crippen LogP contribution < -0.4 is 5.32 Å². The second-order valence-electron chi connectivity index (χ2n) is 6.28. The van der Waals surface area contributed by atoms with Gasteiger partial charge < -0.3 is 10.1 Å². The van der Waals surface area contributed by atoms with Crippen LogP contribution in [0.2, 0.25) is 0 Å². The van der Waals surface area contributed by atoms with Crippen molar-refractivity contribution in [3.8, 4) is 0 Å². The highest BCUT2D eigenvalue weighted by Gasteiger charge is 2.30. The maximum Gasteiger partial charge on any atom is 0.329 e. The molecule has 0 bridgehead atoms. The van der Waals surface area contributed by atoms with Gasteiger partial charge in [0.2, 0.25) is 5.91 Å². The lowest BCUT2D eigenvalue weighted by molar-refractivity contribution is -0.160. The summed E-state index contributed by atoms with van der Waals surface area (Å²) < 4.78 is 5.36. The second kappa shape index (κ2) is 7.51. The minimum absolute atomic E-state index is 0.00756. The van der Waals surface area contributed by atoms with Crippen molar-refractivity contribution in [3.63, 3.8) is 0 Å². The van der Waals surface area contributed by atoms with Gasteiger partial charge in [-0.15, -0.1) is 0 Å². The Kier molecular flexibility index (Phi) is 7.09. The molecule has 0 aromatic heterocycles. The molecule has 1 atom stereocenters. The maximum atomic E-state index is 12.1. The smallest absolute Gasteiger partial charge is 0.329 e. The monoisotopic (exact) mass is 271 g/mol. The highest BCUT2D eigenvalue weighted by atomic mass is 16.6. The Labute approximate surface area is 117 Å². The lowest BCUT2D eigenvalue weighted by atomic mass is 9.99. The average Bonchev–Trinajstić information content (AvgIpc) is 2.24. The first-order chi connectivity index (χ1) is 8.62. The van der Waals surface area contributed by atoms with Crippen LogP contribution in [-0.4, -0.2) is 23.5 Å². The molecule has 0 rings (SSSR count). The molecule has 0 radical (unpaired) electrons. The lowest BCUT2D eigenvalue weighted by Crippen LogP contribution is -2.48. The van der Waals surface area contributed by atoms with Gasteiger partial charge in [0.25, 0.3) is 0 Å². The number of ether oxygens (including phenoxy) is 1. The molecule has 0 aliphatic heterocycles. The van der Waals surface area contributed by atoms with E-state index in [9.17, 15) is 9.59 Å². The van der Waals surface area contributed by atoms with Crippen LogP contribution in [-0.2, 0) is 14.3 Å². The van der Waals surface area contributed by atoms with E-state index in [1.54, 1.807) is 0 Å². The van der Waals surface area contributed by atoms with Gasteiger partial charge in [0.05, 0.1) is 0 Å². The number of rotatable bonds is 6. The molecule has 4 nitrogen and oxygen atoms in total. The molecule has 0 unspecified atom stereocenters. The minimum Gasteiger partial charge on any atom is -0.458 e. The molecule has 0 saturated carbocycles. The van der Waals surface area contributed by atoms with Gasteiger partial charge in [0.15, 0.2) is 0 Å². The second-order valence-corrected chi connectivity index (χ2v) is 6.28. The molecule has 4 heteroatoms. The van der Waals surface area contributed by atoms with E-state index in [1.807, 2.05) is 48.5 Å². The Morgan fingerprint density at radius 3 is 1.89 bits per heavy atom. The van der Waals surface area contributed by atoms with E-state index in [0.29, 0.717) is 0 Å². The predicted molar refractivity (Wildman–Crippen MR) is 76.7 cm³/mol. The predicted octanol–water partition coefficient (Wildman–Crippen LogP) is 2.91. The van der Waals surface area contributed by atoms with E-state index in [2.05, 4.69) is 5.32 Å². The third-order valence-electron chi connectivity index (χ3n) is 2.98. The molecule has 19 heavy (non-hydrogen) atoms. The Morgan fingerprint density at radius 1 is 1.11 bits per heavy atom. The van der Waals surface area contributed by atoms with Gasteiger partial charge in [-0.25, -0.2) is 4.79 Å². The van der Waals surface area contributed by atoms with Crippen LogP contribution in [0.5, 0.6) is 0 Å². The maximum absolute atomic E-state index is 12.1. The molecule has 1 amide bonds. The zero-order valence-electron chi connectivity index (χ0n) is 13.4. The first-order valence-electron chi connectivity index (χ1n) is 7.15. The number of hydrogen-bond acceptors (Lipinski definition) is 3. The first kappa shape index (κ1) is 17.9. The summed E-state index contributed by atoms with van der Waals surface area (Å²) in [6.45, 7) is 13.2. The Morgan fingerprint density at radius 2 is 1.58 bits per heavy atom. The van der Waals surface area contributed by atoms with Crippen molar-refractivity contribution in [1.82, 2.24) is 5.32 Å². The van der Waals surface area contributed by atoms with E-state index in [0.717, 1.165) is 12.8 Å². The van der Waals surface area contributed by atoms with E-state index in [1.165, 1.54) is 0 Å². The average molecular weight is 271 g/mol. The van der Waals surface area contributed by atoms with Crippen LogP contribution in [0.15, 0.2) is 0 Å². The van der Waals surface area contributed by atoms with E-state index >= 15 is 0 Å². The molecule has 1 N–H and O–H groups in total. The molecule has 0 fully saturated rings. The van der Waals surface area contributed by atoms with Gasteiger partial charge in [-0.2, -0.15) is 0 Å². The summed E-state index contributed by atoms with van der Waals surface area (Å²) in [6, 6.07) is -0.577. The number of carbonyl (C=O) groups is 2. The number of hydrogen-bond donors (Lipinski definition) is 1. The van der Waals surface area contributed by atoms with Crippen molar-refractivity contribution in [2.24, 2.45) is 11.8 Å². The topological polar surface area (TPSA) is 55.4 Å². The van der Waals surface area contributed by atoms with Crippen LogP contribution >= 0.6 is 0 Å². The summed E-state index contributed by atoms with van der Waals surface area (Å²) in [5.41, 5.74) is -0.538. The lowest BCUT2D eigenvalue weighted by Gasteiger charge is -2.27. The van der Waals surface area contributed by atoms with Crippen molar-refractivity contribution >= 4 is 11.9 Å². The van der Waals surface area contributed by atoms with Crippen molar-refractivity contribution in [2.75, 3.05) is 0 Å². The van der Waals surface area contributed by atoms with Crippen LogP contribution in [0.3, 0.4) is 0 Å². The van der Waals surface area contributed by atoms with Gasteiger partial charge in [0.1, 0.15) is 11.6 Å². The number of carbonyl (C=O) groups excluding carboxylic acids is 2. The Hall–Kier alpha value is -1.06. The standard InChI is InChI=1S/C15H29NO3/c1-8-11(9-2)13(17)16-12(10(3)4)14(18)19-15(5,6)7/h10-12H,8-9H2,1-7H3,(H,16,17)/t12-/m0/s1.